The fraction of sp³-hybridized carbons (Fsp3) is 0.583. The van der Waals surface area contributed by atoms with Gasteiger partial charge in [0.15, 0.2) is 11.6 Å². The highest BCUT2D eigenvalue weighted by atomic mass is 32.2. The van der Waals surface area contributed by atoms with Crippen LogP contribution in [0.5, 0.6) is 11.6 Å². The summed E-state index contributed by atoms with van der Waals surface area (Å²) in [6.07, 6.45) is 6.25. The number of carbonyl (C=O) groups is 4. The molecule has 3 heterocycles. The summed E-state index contributed by atoms with van der Waals surface area (Å²) in [5.74, 6) is -3.53. The van der Waals surface area contributed by atoms with Gasteiger partial charge < -0.3 is 30.1 Å². The van der Waals surface area contributed by atoms with Gasteiger partial charge in [-0.15, -0.1) is 0 Å². The Morgan fingerprint density at radius 3 is 2.63 bits per heavy atom. The maximum atomic E-state index is 14.8. The number of carbonyl (C=O) groups excluding carboxylic acids is 3. The molecule has 1 aromatic carbocycles. The van der Waals surface area contributed by atoms with E-state index >= 15 is 0 Å². The van der Waals surface area contributed by atoms with Gasteiger partial charge in [0.25, 0.3) is 5.91 Å². The van der Waals surface area contributed by atoms with Crippen molar-refractivity contribution < 1.29 is 46.6 Å². The van der Waals surface area contributed by atoms with E-state index in [1.807, 2.05) is 26.0 Å². The molecule has 282 valence electrons. The zero-order valence-corrected chi connectivity index (χ0v) is 30.5. The summed E-state index contributed by atoms with van der Waals surface area (Å²) in [4.78, 5) is 60.2. The van der Waals surface area contributed by atoms with Gasteiger partial charge in [0.1, 0.15) is 23.7 Å². The standard InChI is InChI=1S/C36H46FN5O9S/c1-5-21-14-20(2)8-6-7-9-23-18-36(23,33(45)41-52(48,49)35(3)11-12-35)40-30(43)27-16-24(19-42(27)32(44)29(21)39-34(46)47)51-31-25-17-26(37)28(50-4)15-22(25)10-13-38-31/h7,9-10,13,15,17,20-21,23-24,27,29,39H,5-6,8,11-12,14,16,18-19H2,1-4H3,(H,40,43)(H,41,45)(H,46,47)/b9-7-/t20-,21+,23+,24+,27-,29-,36+/m0/s1. The van der Waals surface area contributed by atoms with Gasteiger partial charge in [-0.1, -0.05) is 32.4 Å². The Bertz CT molecular complexity index is 1900. The minimum Gasteiger partial charge on any atom is -0.494 e. The lowest BCUT2D eigenvalue weighted by Gasteiger charge is -2.33. The molecule has 2 aliphatic heterocycles. The Hall–Kier alpha value is -4.47. The fourth-order valence-corrected chi connectivity index (χ4v) is 8.82. The van der Waals surface area contributed by atoms with Crippen molar-refractivity contribution in [2.45, 2.75) is 101 Å². The molecule has 2 saturated carbocycles. The van der Waals surface area contributed by atoms with Crippen molar-refractivity contribution >= 4 is 44.6 Å². The van der Waals surface area contributed by atoms with Crippen LogP contribution in [0.15, 0.2) is 36.5 Å². The van der Waals surface area contributed by atoms with Crippen molar-refractivity contribution in [3.05, 3.63) is 42.4 Å². The van der Waals surface area contributed by atoms with Gasteiger partial charge in [-0.25, -0.2) is 22.6 Å². The third-order valence-electron chi connectivity index (χ3n) is 11.2. The van der Waals surface area contributed by atoms with Gasteiger partial charge in [-0.2, -0.15) is 0 Å². The number of carboxylic acid groups (broad SMARTS) is 1. The minimum absolute atomic E-state index is 0.0284. The molecule has 14 nitrogen and oxygen atoms in total. The number of allylic oxidation sites excluding steroid dienone is 1. The summed E-state index contributed by atoms with van der Waals surface area (Å²) >= 11 is 0. The average molecular weight is 744 g/mol. The van der Waals surface area contributed by atoms with E-state index in [0.717, 1.165) is 6.42 Å². The number of aromatic nitrogens is 1. The van der Waals surface area contributed by atoms with E-state index in [1.54, 1.807) is 13.0 Å². The zero-order valence-electron chi connectivity index (χ0n) is 29.7. The Morgan fingerprint density at radius 2 is 1.96 bits per heavy atom. The van der Waals surface area contributed by atoms with Crippen LogP contribution in [0.4, 0.5) is 9.18 Å². The normalized spacial score (nSPS) is 30.8. The molecule has 4 N–H and O–H groups in total. The van der Waals surface area contributed by atoms with Crippen molar-refractivity contribution in [2.24, 2.45) is 17.8 Å². The second-order valence-corrected chi connectivity index (χ2v) is 17.1. The number of hydrogen-bond acceptors (Lipinski definition) is 9. The number of amides is 4. The van der Waals surface area contributed by atoms with E-state index in [0.29, 0.717) is 42.9 Å². The Balaban J connectivity index is 1.35. The monoisotopic (exact) mass is 743 g/mol. The van der Waals surface area contributed by atoms with Gasteiger partial charge in [-0.05, 0) is 80.9 Å². The predicted octanol–water partition coefficient (Wildman–Crippen LogP) is 3.64. The summed E-state index contributed by atoms with van der Waals surface area (Å²) in [6.45, 7) is 5.32. The Labute approximate surface area is 301 Å². The van der Waals surface area contributed by atoms with Crippen LogP contribution in [0.25, 0.3) is 10.8 Å². The molecule has 4 amide bonds. The van der Waals surface area contributed by atoms with E-state index < -0.39 is 80.0 Å². The molecular formula is C36H46FN5O9S. The predicted molar refractivity (Wildman–Crippen MR) is 187 cm³/mol. The molecule has 4 aliphatic rings. The van der Waals surface area contributed by atoms with Crippen LogP contribution in [-0.4, -0.2) is 89.4 Å². The second-order valence-electron chi connectivity index (χ2n) is 14.9. The summed E-state index contributed by atoms with van der Waals surface area (Å²) in [7, 11) is -2.68. The van der Waals surface area contributed by atoms with Crippen LogP contribution in [0, 0.1) is 23.6 Å². The Kier molecular flexibility index (Phi) is 10.2. The van der Waals surface area contributed by atoms with Gasteiger partial charge in [0.2, 0.25) is 27.7 Å². The molecule has 7 atom stereocenters. The fourth-order valence-electron chi connectivity index (χ4n) is 7.50. The third kappa shape index (κ3) is 7.26. The topological polar surface area (TPSA) is 193 Å². The molecule has 0 spiro atoms. The number of rotatable bonds is 8. The van der Waals surface area contributed by atoms with Gasteiger partial charge in [-0.3, -0.25) is 19.1 Å². The number of benzene rings is 1. The highest BCUT2D eigenvalue weighted by molar-refractivity contribution is 7.91. The number of ether oxygens (including phenoxy) is 2. The van der Waals surface area contributed by atoms with E-state index in [1.165, 1.54) is 30.3 Å². The number of nitrogens with one attached hydrogen (secondary N) is 3. The molecule has 0 unspecified atom stereocenters. The van der Waals surface area contributed by atoms with E-state index in [4.69, 9.17) is 9.47 Å². The number of sulfonamides is 1. The number of pyridine rings is 1. The molecule has 0 bridgehead atoms. The lowest BCUT2D eigenvalue weighted by atomic mass is 9.85. The second kappa shape index (κ2) is 14.2. The summed E-state index contributed by atoms with van der Waals surface area (Å²) in [6, 6.07) is 1.96. The van der Waals surface area contributed by atoms with E-state index in [2.05, 4.69) is 20.3 Å². The van der Waals surface area contributed by atoms with Crippen molar-refractivity contribution in [1.82, 2.24) is 25.2 Å². The van der Waals surface area contributed by atoms with Crippen LogP contribution >= 0.6 is 0 Å². The molecule has 1 saturated heterocycles. The van der Waals surface area contributed by atoms with Gasteiger partial charge >= 0.3 is 6.09 Å². The van der Waals surface area contributed by atoms with Crippen LogP contribution in [0.3, 0.4) is 0 Å². The molecule has 1 aromatic heterocycles. The summed E-state index contributed by atoms with van der Waals surface area (Å²) in [5, 5.41) is 16.0. The van der Waals surface area contributed by atoms with Crippen LogP contribution in [-0.2, 0) is 24.4 Å². The first-order valence-electron chi connectivity index (χ1n) is 17.8. The SMILES string of the molecule is CC[C@@H]1C[C@@H](C)CC/C=C\[C@@H]2C[C@@]2(C(=O)NS(=O)(=O)C2(C)CC2)NC(=O)[C@@H]2C[C@@H](Oc3nccc4cc(OC)c(F)cc34)CN2C(=O)[C@H]1NC(=O)O. The molecule has 6 rings (SSSR count). The van der Waals surface area contributed by atoms with Crippen molar-refractivity contribution in [1.29, 1.82) is 0 Å². The number of halogens is 1. The third-order valence-corrected chi connectivity index (χ3v) is 13.3. The van der Waals surface area contributed by atoms with Crippen LogP contribution in [0.1, 0.15) is 72.1 Å². The first-order valence-corrected chi connectivity index (χ1v) is 19.2. The quantitative estimate of drug-likeness (QED) is 0.290. The molecule has 2 aliphatic carbocycles. The van der Waals surface area contributed by atoms with Crippen molar-refractivity contribution in [3.63, 3.8) is 0 Å². The molecule has 3 fully saturated rings. The smallest absolute Gasteiger partial charge is 0.405 e. The van der Waals surface area contributed by atoms with Gasteiger partial charge in [0.05, 0.1) is 18.4 Å². The molecular weight excluding hydrogens is 697 g/mol. The molecule has 52 heavy (non-hydrogen) atoms. The first-order chi connectivity index (χ1) is 24.6. The number of nitrogens with zero attached hydrogens (tertiary/aromatic N) is 2. The first kappa shape index (κ1) is 37.3. The number of hydrogen-bond donors (Lipinski definition) is 4. The minimum atomic E-state index is -4.03. The van der Waals surface area contributed by atoms with E-state index in [9.17, 15) is 37.1 Å². The van der Waals surface area contributed by atoms with Crippen molar-refractivity contribution in [2.75, 3.05) is 13.7 Å². The number of fused-ring (bicyclic) bond motifs is 3. The van der Waals surface area contributed by atoms with Crippen LogP contribution in [0.2, 0.25) is 0 Å². The highest BCUT2D eigenvalue weighted by Gasteiger charge is 2.63. The largest absolute Gasteiger partial charge is 0.494 e. The summed E-state index contributed by atoms with van der Waals surface area (Å²) < 4.78 is 53.5. The lowest BCUT2D eigenvalue weighted by Crippen LogP contribution is -2.59. The van der Waals surface area contributed by atoms with Crippen LogP contribution < -0.4 is 24.8 Å². The number of methoxy groups -OCH3 is 1. The van der Waals surface area contributed by atoms with E-state index in [-0.39, 0.29) is 36.9 Å². The lowest BCUT2D eigenvalue weighted by molar-refractivity contribution is -0.142. The van der Waals surface area contributed by atoms with Gasteiger partial charge in [0, 0.05) is 23.9 Å². The maximum Gasteiger partial charge on any atom is 0.405 e. The maximum absolute atomic E-state index is 14.8. The Morgan fingerprint density at radius 1 is 1.21 bits per heavy atom. The average Bonchev–Trinajstić information content (AvgIpc) is 3.97. The summed E-state index contributed by atoms with van der Waals surface area (Å²) in [5.41, 5.74) is -1.58. The molecule has 2 aromatic rings. The molecule has 0 radical (unpaired) electrons. The van der Waals surface area contributed by atoms with Crippen molar-refractivity contribution in [3.8, 4) is 11.6 Å². The molecule has 16 heteroatoms. The zero-order chi connectivity index (χ0) is 37.6. The highest BCUT2D eigenvalue weighted by Crippen LogP contribution is 2.47.